The van der Waals surface area contributed by atoms with Crippen molar-refractivity contribution in [3.8, 4) is 6.07 Å². The van der Waals surface area contributed by atoms with Crippen LogP contribution >= 0.6 is 15.9 Å². The zero-order valence-electron chi connectivity index (χ0n) is 11.9. The molecule has 0 atom stereocenters. The summed E-state index contributed by atoms with van der Waals surface area (Å²) in [4.78, 5) is 13.4. The zero-order valence-corrected chi connectivity index (χ0v) is 13.5. The van der Waals surface area contributed by atoms with Crippen LogP contribution < -0.4 is 5.32 Å². The highest BCUT2D eigenvalue weighted by molar-refractivity contribution is 9.10. The van der Waals surface area contributed by atoms with E-state index in [-0.39, 0.29) is 12.1 Å². The lowest BCUT2D eigenvalue weighted by Crippen LogP contribution is -2.42. The number of amides is 1. The lowest BCUT2D eigenvalue weighted by atomic mass is 10.0. The van der Waals surface area contributed by atoms with E-state index >= 15 is 0 Å². The molecule has 0 radical (unpaired) electrons. The molecule has 0 bridgehead atoms. The number of anilines is 1. The Hall–Kier alpha value is -1.74. The van der Waals surface area contributed by atoms with E-state index < -0.39 is 0 Å². The number of rotatable bonds is 3. The van der Waals surface area contributed by atoms with Crippen molar-refractivity contribution in [3.05, 3.63) is 28.2 Å². The number of hydrogen-bond acceptors (Lipinski definition) is 4. The summed E-state index contributed by atoms with van der Waals surface area (Å²) in [7, 11) is 0. The molecule has 0 spiro atoms. The highest BCUT2D eigenvalue weighted by Crippen LogP contribution is 2.23. The van der Waals surface area contributed by atoms with Gasteiger partial charge in [-0.05, 0) is 38.0 Å². The van der Waals surface area contributed by atoms with Crippen LogP contribution in [0, 0.1) is 11.3 Å². The predicted octanol–water partition coefficient (Wildman–Crippen LogP) is 3.35. The fourth-order valence-electron chi connectivity index (χ4n) is 2.38. The first-order valence-electron chi connectivity index (χ1n) is 7.02. The van der Waals surface area contributed by atoms with Crippen LogP contribution in [-0.2, 0) is 4.74 Å². The molecular formula is C15H18BrN3O2. The van der Waals surface area contributed by atoms with E-state index in [0.717, 1.165) is 23.0 Å². The van der Waals surface area contributed by atoms with Gasteiger partial charge >= 0.3 is 6.09 Å². The lowest BCUT2D eigenvalue weighted by Gasteiger charge is -2.32. The van der Waals surface area contributed by atoms with E-state index in [0.29, 0.717) is 25.3 Å². The number of nitrogens with zero attached hydrogens (tertiary/aromatic N) is 2. The maximum atomic E-state index is 11.6. The normalized spacial score (nSPS) is 15.4. The molecule has 1 aromatic carbocycles. The molecule has 1 heterocycles. The first-order valence-corrected chi connectivity index (χ1v) is 7.81. The van der Waals surface area contributed by atoms with Gasteiger partial charge in [0.2, 0.25) is 0 Å². The summed E-state index contributed by atoms with van der Waals surface area (Å²) in [6.07, 6.45) is 1.46. The summed E-state index contributed by atoms with van der Waals surface area (Å²) >= 11 is 3.36. The molecule has 1 amide bonds. The number of halogens is 1. The summed E-state index contributed by atoms with van der Waals surface area (Å²) in [5.74, 6) is 0. The second-order valence-electron chi connectivity index (χ2n) is 4.91. The summed E-state index contributed by atoms with van der Waals surface area (Å²) in [5, 5.41) is 12.6. The Labute approximate surface area is 133 Å². The molecule has 5 nitrogen and oxygen atoms in total. The second-order valence-corrected chi connectivity index (χ2v) is 5.82. The topological polar surface area (TPSA) is 65.4 Å². The smallest absolute Gasteiger partial charge is 0.409 e. The van der Waals surface area contributed by atoms with Crippen LogP contribution in [0.3, 0.4) is 0 Å². The number of carbonyl (C=O) groups is 1. The third-order valence-corrected chi connectivity index (χ3v) is 3.98. The predicted molar refractivity (Wildman–Crippen MR) is 84.1 cm³/mol. The van der Waals surface area contributed by atoms with Crippen molar-refractivity contribution >= 4 is 27.7 Å². The van der Waals surface area contributed by atoms with Crippen LogP contribution in [0.5, 0.6) is 0 Å². The van der Waals surface area contributed by atoms with Crippen LogP contribution in [0.25, 0.3) is 0 Å². The molecule has 1 N–H and O–H groups in total. The number of benzene rings is 1. The van der Waals surface area contributed by atoms with Gasteiger partial charge in [-0.3, -0.25) is 0 Å². The van der Waals surface area contributed by atoms with Gasteiger partial charge in [-0.15, -0.1) is 0 Å². The van der Waals surface area contributed by atoms with E-state index in [4.69, 9.17) is 10.00 Å². The van der Waals surface area contributed by atoms with Gasteiger partial charge in [0.25, 0.3) is 0 Å². The average molecular weight is 352 g/mol. The lowest BCUT2D eigenvalue weighted by molar-refractivity contribution is 0.0983. The van der Waals surface area contributed by atoms with Crippen LogP contribution in [0.4, 0.5) is 10.5 Å². The quantitative estimate of drug-likeness (QED) is 0.906. The van der Waals surface area contributed by atoms with Crippen molar-refractivity contribution in [2.75, 3.05) is 25.0 Å². The van der Waals surface area contributed by atoms with Crippen molar-refractivity contribution < 1.29 is 9.53 Å². The van der Waals surface area contributed by atoms with Gasteiger partial charge in [-0.25, -0.2) is 4.79 Å². The van der Waals surface area contributed by atoms with Gasteiger partial charge in [0, 0.05) is 23.6 Å². The number of hydrogen-bond donors (Lipinski definition) is 1. The minimum atomic E-state index is -0.239. The van der Waals surface area contributed by atoms with E-state index in [9.17, 15) is 4.79 Å². The SMILES string of the molecule is CCOC(=O)N1CCC(Nc2ccc(Br)cc2C#N)CC1. The van der Waals surface area contributed by atoms with Crippen molar-refractivity contribution in [1.29, 1.82) is 5.26 Å². The molecule has 0 aromatic heterocycles. The van der Waals surface area contributed by atoms with Crippen LogP contribution in [0.2, 0.25) is 0 Å². The standard InChI is InChI=1S/C15H18BrN3O2/c1-2-21-15(20)19-7-5-13(6-8-19)18-14-4-3-12(16)9-11(14)10-17/h3-4,9,13,18H,2,5-8H2,1H3. The number of nitrogens with one attached hydrogen (secondary N) is 1. The number of carbonyl (C=O) groups excluding carboxylic acids is 1. The van der Waals surface area contributed by atoms with Crippen LogP contribution in [-0.4, -0.2) is 36.7 Å². The van der Waals surface area contributed by atoms with Crippen molar-refractivity contribution in [3.63, 3.8) is 0 Å². The molecule has 1 aliphatic heterocycles. The van der Waals surface area contributed by atoms with E-state index in [2.05, 4.69) is 27.3 Å². The van der Waals surface area contributed by atoms with E-state index in [1.54, 1.807) is 11.0 Å². The first kappa shape index (κ1) is 15.6. The number of ether oxygens (including phenoxy) is 1. The third-order valence-electron chi connectivity index (χ3n) is 3.48. The van der Waals surface area contributed by atoms with Gasteiger partial charge in [0.15, 0.2) is 0 Å². The number of likely N-dealkylation sites (tertiary alicyclic amines) is 1. The molecule has 6 heteroatoms. The van der Waals surface area contributed by atoms with Gasteiger partial charge in [0.1, 0.15) is 6.07 Å². The van der Waals surface area contributed by atoms with E-state index in [1.165, 1.54) is 0 Å². The average Bonchev–Trinajstić information content (AvgIpc) is 2.50. The Kier molecular flexibility index (Phi) is 5.45. The molecule has 1 aliphatic rings. The molecule has 0 saturated carbocycles. The maximum Gasteiger partial charge on any atom is 0.409 e. The summed E-state index contributed by atoms with van der Waals surface area (Å²) < 4.78 is 5.89. The molecule has 0 unspecified atom stereocenters. The maximum absolute atomic E-state index is 11.6. The zero-order chi connectivity index (χ0) is 15.2. The van der Waals surface area contributed by atoms with Crippen molar-refractivity contribution in [2.24, 2.45) is 0 Å². The Morgan fingerprint density at radius 1 is 1.52 bits per heavy atom. The Morgan fingerprint density at radius 2 is 2.24 bits per heavy atom. The Balaban J connectivity index is 1.92. The molecule has 1 fully saturated rings. The Morgan fingerprint density at radius 3 is 2.86 bits per heavy atom. The monoisotopic (exact) mass is 351 g/mol. The third kappa shape index (κ3) is 4.11. The molecule has 0 aliphatic carbocycles. The van der Waals surface area contributed by atoms with Crippen LogP contribution in [0.15, 0.2) is 22.7 Å². The minimum absolute atomic E-state index is 0.239. The molecule has 112 valence electrons. The fraction of sp³-hybridized carbons (Fsp3) is 0.467. The van der Waals surface area contributed by atoms with Crippen molar-refractivity contribution in [1.82, 2.24) is 4.90 Å². The first-order chi connectivity index (χ1) is 10.1. The fourth-order valence-corrected chi connectivity index (χ4v) is 2.74. The summed E-state index contributed by atoms with van der Waals surface area (Å²) in [6.45, 7) is 3.56. The highest BCUT2D eigenvalue weighted by Gasteiger charge is 2.23. The van der Waals surface area contributed by atoms with E-state index in [1.807, 2.05) is 19.1 Å². The number of nitriles is 1. The largest absolute Gasteiger partial charge is 0.450 e. The minimum Gasteiger partial charge on any atom is -0.450 e. The summed E-state index contributed by atoms with van der Waals surface area (Å²) in [5.41, 5.74) is 1.47. The molecule has 2 rings (SSSR count). The molecule has 1 saturated heterocycles. The van der Waals surface area contributed by atoms with Crippen LogP contribution in [0.1, 0.15) is 25.3 Å². The van der Waals surface area contributed by atoms with Crippen molar-refractivity contribution in [2.45, 2.75) is 25.8 Å². The Bertz CT molecular complexity index is 548. The van der Waals surface area contributed by atoms with Gasteiger partial charge in [0.05, 0.1) is 17.9 Å². The highest BCUT2D eigenvalue weighted by atomic mass is 79.9. The second kappa shape index (κ2) is 7.32. The molecular weight excluding hydrogens is 334 g/mol. The molecule has 1 aromatic rings. The van der Waals surface area contributed by atoms with Gasteiger partial charge in [-0.1, -0.05) is 15.9 Å². The van der Waals surface area contributed by atoms with Gasteiger partial charge in [-0.2, -0.15) is 5.26 Å². The molecule has 21 heavy (non-hydrogen) atoms. The summed E-state index contributed by atoms with van der Waals surface area (Å²) in [6, 6.07) is 8.08. The van der Waals surface area contributed by atoms with Gasteiger partial charge < -0.3 is 15.0 Å². The number of piperidine rings is 1.